The number of piperidine rings is 1. The number of hydrogen-bond acceptors (Lipinski definition) is 4. The van der Waals surface area contributed by atoms with Gasteiger partial charge >= 0.3 is 6.03 Å². The largest absolute Gasteiger partial charge is 0.393 e. The Morgan fingerprint density at radius 2 is 1.75 bits per heavy atom. The summed E-state index contributed by atoms with van der Waals surface area (Å²) < 4.78 is 40.8. The van der Waals surface area contributed by atoms with E-state index in [0.29, 0.717) is 38.1 Å². The lowest BCUT2D eigenvalue weighted by Gasteiger charge is -2.29. The van der Waals surface area contributed by atoms with E-state index >= 15 is 0 Å². The van der Waals surface area contributed by atoms with E-state index < -0.39 is 35.5 Å². The number of anilines is 2. The average molecular weight is 397 g/mol. The minimum Gasteiger partial charge on any atom is -0.393 e. The first-order chi connectivity index (χ1) is 13.2. The van der Waals surface area contributed by atoms with Gasteiger partial charge in [-0.15, -0.1) is 0 Å². The van der Waals surface area contributed by atoms with Gasteiger partial charge in [0, 0.05) is 44.2 Å². The number of aryl methyl sites for hydroxylation is 1. The van der Waals surface area contributed by atoms with Crippen LogP contribution in [0.25, 0.3) is 0 Å². The minimum atomic E-state index is -1.63. The zero-order valence-corrected chi connectivity index (χ0v) is 14.9. The van der Waals surface area contributed by atoms with Crippen LogP contribution in [0.3, 0.4) is 0 Å². The lowest BCUT2D eigenvalue weighted by atomic mass is 10.1. The smallest absolute Gasteiger partial charge is 0.323 e. The van der Waals surface area contributed by atoms with Crippen LogP contribution in [0.4, 0.5) is 29.5 Å². The van der Waals surface area contributed by atoms with Crippen LogP contribution in [0.2, 0.25) is 0 Å². The Hall–Kier alpha value is -3.08. The van der Waals surface area contributed by atoms with Gasteiger partial charge in [0.25, 0.3) is 5.91 Å². The number of hydrogen-bond donors (Lipinski definition) is 3. The first kappa shape index (κ1) is 19.7. The molecule has 3 N–H and O–H groups in total. The molecule has 3 amide bonds. The number of nitrogens with zero attached hydrogens (tertiary/aromatic N) is 3. The molecule has 3 rings (SSSR count). The summed E-state index contributed by atoms with van der Waals surface area (Å²) in [5.74, 6) is -5.32. The highest BCUT2D eigenvalue weighted by molar-refractivity contribution is 6.02. The van der Waals surface area contributed by atoms with Crippen molar-refractivity contribution in [3.8, 4) is 0 Å². The standard InChI is InChI=1S/C17H18F3N5O3/c1-24-8-13(23-17(28)25-4-2-10(26)3-5-25)22-15(24)16(27)21-9-6-11(18)14(20)12(19)7-9/h6-8,10,26H,2-5H2,1H3,(H,21,27)(H,23,28). The molecule has 1 aromatic heterocycles. The molecule has 28 heavy (non-hydrogen) atoms. The molecular weight excluding hydrogens is 379 g/mol. The molecule has 1 aliphatic heterocycles. The fourth-order valence-electron chi connectivity index (χ4n) is 2.81. The van der Waals surface area contributed by atoms with Gasteiger partial charge in [0.15, 0.2) is 23.3 Å². The van der Waals surface area contributed by atoms with Gasteiger partial charge in [-0.1, -0.05) is 0 Å². The van der Waals surface area contributed by atoms with Crippen molar-refractivity contribution in [1.29, 1.82) is 0 Å². The first-order valence-corrected chi connectivity index (χ1v) is 8.48. The molecule has 2 aromatic rings. The summed E-state index contributed by atoms with van der Waals surface area (Å²) in [4.78, 5) is 30.0. The van der Waals surface area contributed by atoms with Crippen molar-refractivity contribution in [2.24, 2.45) is 7.05 Å². The number of imidazole rings is 1. The molecule has 0 unspecified atom stereocenters. The van der Waals surface area contributed by atoms with Gasteiger partial charge in [-0.3, -0.25) is 10.1 Å². The van der Waals surface area contributed by atoms with E-state index in [1.54, 1.807) is 0 Å². The number of halogens is 3. The predicted molar refractivity (Wildman–Crippen MR) is 93.3 cm³/mol. The van der Waals surface area contributed by atoms with Crippen LogP contribution in [0.1, 0.15) is 23.5 Å². The average Bonchev–Trinajstić information content (AvgIpc) is 3.00. The van der Waals surface area contributed by atoms with Gasteiger partial charge in [0.1, 0.15) is 0 Å². The van der Waals surface area contributed by atoms with E-state index in [1.807, 2.05) is 0 Å². The Bertz CT molecular complexity index is 886. The number of benzene rings is 1. The monoisotopic (exact) mass is 397 g/mol. The number of aliphatic hydroxyl groups is 1. The number of carbonyl (C=O) groups excluding carboxylic acids is 2. The lowest BCUT2D eigenvalue weighted by molar-refractivity contribution is 0.0970. The molecule has 0 atom stereocenters. The molecule has 150 valence electrons. The number of urea groups is 1. The van der Waals surface area contributed by atoms with E-state index in [9.17, 15) is 27.9 Å². The van der Waals surface area contributed by atoms with Crippen molar-refractivity contribution in [3.63, 3.8) is 0 Å². The van der Waals surface area contributed by atoms with Crippen LogP contribution in [0.5, 0.6) is 0 Å². The molecule has 0 saturated carbocycles. The van der Waals surface area contributed by atoms with E-state index in [4.69, 9.17) is 0 Å². The van der Waals surface area contributed by atoms with Crippen molar-refractivity contribution in [2.75, 3.05) is 23.7 Å². The Balaban J connectivity index is 1.68. The van der Waals surface area contributed by atoms with Crippen molar-refractivity contribution in [3.05, 3.63) is 41.6 Å². The summed E-state index contributed by atoms with van der Waals surface area (Å²) in [5.41, 5.74) is -0.276. The molecule has 0 radical (unpaired) electrons. The second-order valence-electron chi connectivity index (χ2n) is 6.42. The molecule has 8 nitrogen and oxygen atoms in total. The zero-order valence-electron chi connectivity index (χ0n) is 14.9. The Kier molecular flexibility index (Phi) is 5.54. The number of rotatable bonds is 3. The van der Waals surface area contributed by atoms with E-state index in [1.165, 1.54) is 22.7 Å². The number of aliphatic hydroxyl groups excluding tert-OH is 1. The third kappa shape index (κ3) is 4.25. The van der Waals surface area contributed by atoms with Gasteiger partial charge < -0.3 is 19.9 Å². The fourth-order valence-corrected chi connectivity index (χ4v) is 2.81. The van der Waals surface area contributed by atoms with Gasteiger partial charge in [-0.25, -0.2) is 22.9 Å². The van der Waals surface area contributed by atoms with Crippen LogP contribution < -0.4 is 10.6 Å². The van der Waals surface area contributed by atoms with Gasteiger partial charge in [-0.05, 0) is 12.8 Å². The van der Waals surface area contributed by atoms with Crippen LogP contribution in [-0.4, -0.2) is 50.7 Å². The molecule has 1 fully saturated rings. The number of nitrogens with one attached hydrogen (secondary N) is 2. The van der Waals surface area contributed by atoms with Crippen LogP contribution in [0.15, 0.2) is 18.3 Å². The summed E-state index contributed by atoms with van der Waals surface area (Å²) in [5, 5.41) is 14.3. The molecule has 0 bridgehead atoms. The first-order valence-electron chi connectivity index (χ1n) is 8.48. The Labute approximate surface area is 158 Å². The van der Waals surface area contributed by atoms with E-state index in [2.05, 4.69) is 15.6 Å². The third-order valence-electron chi connectivity index (χ3n) is 4.31. The number of carbonyl (C=O) groups is 2. The van der Waals surface area contributed by atoms with E-state index in [-0.39, 0.29) is 17.3 Å². The maximum Gasteiger partial charge on any atom is 0.323 e. The van der Waals surface area contributed by atoms with E-state index in [0.717, 1.165) is 0 Å². The van der Waals surface area contributed by atoms with Crippen molar-refractivity contribution < 1.29 is 27.9 Å². The molecule has 11 heteroatoms. The second-order valence-corrected chi connectivity index (χ2v) is 6.42. The Morgan fingerprint density at radius 3 is 2.36 bits per heavy atom. The van der Waals surface area contributed by atoms with Crippen LogP contribution in [-0.2, 0) is 7.05 Å². The van der Waals surface area contributed by atoms with Crippen molar-refractivity contribution in [1.82, 2.24) is 14.5 Å². The highest BCUT2D eigenvalue weighted by atomic mass is 19.2. The van der Waals surface area contributed by atoms with Crippen LogP contribution in [0, 0.1) is 17.5 Å². The van der Waals surface area contributed by atoms with Gasteiger partial charge in [-0.2, -0.15) is 0 Å². The third-order valence-corrected chi connectivity index (χ3v) is 4.31. The number of aromatic nitrogens is 2. The normalized spacial score (nSPS) is 14.8. The lowest BCUT2D eigenvalue weighted by Crippen LogP contribution is -2.42. The SMILES string of the molecule is Cn1cc(NC(=O)N2CCC(O)CC2)nc1C(=O)Nc1cc(F)c(F)c(F)c1. The maximum absolute atomic E-state index is 13.3. The molecule has 2 heterocycles. The molecule has 1 aromatic carbocycles. The minimum absolute atomic E-state index is 0.111. The van der Waals surface area contributed by atoms with Crippen LogP contribution >= 0.6 is 0 Å². The summed E-state index contributed by atoms with van der Waals surface area (Å²) in [6.07, 6.45) is 1.94. The summed E-state index contributed by atoms with van der Waals surface area (Å²) in [7, 11) is 1.50. The molecule has 1 saturated heterocycles. The second kappa shape index (κ2) is 7.89. The van der Waals surface area contributed by atoms with Gasteiger partial charge in [0.2, 0.25) is 5.82 Å². The zero-order chi connectivity index (χ0) is 20.4. The fraction of sp³-hybridized carbons (Fsp3) is 0.353. The molecule has 0 spiro atoms. The van der Waals surface area contributed by atoms with Gasteiger partial charge in [0.05, 0.1) is 6.10 Å². The Morgan fingerprint density at radius 1 is 1.14 bits per heavy atom. The highest BCUT2D eigenvalue weighted by Gasteiger charge is 2.23. The maximum atomic E-state index is 13.3. The van der Waals surface area contributed by atoms with Crippen molar-refractivity contribution in [2.45, 2.75) is 18.9 Å². The summed E-state index contributed by atoms with van der Waals surface area (Å²) in [6, 6.07) is 0.874. The number of amides is 3. The summed E-state index contributed by atoms with van der Waals surface area (Å²) in [6.45, 7) is 0.795. The molecule has 0 aliphatic carbocycles. The predicted octanol–water partition coefficient (Wildman–Crippen LogP) is 2.08. The topological polar surface area (TPSA) is 99.5 Å². The quantitative estimate of drug-likeness (QED) is 0.691. The molecular formula is C17H18F3N5O3. The number of likely N-dealkylation sites (tertiary alicyclic amines) is 1. The highest BCUT2D eigenvalue weighted by Crippen LogP contribution is 2.19. The molecule has 1 aliphatic rings. The summed E-state index contributed by atoms with van der Waals surface area (Å²) >= 11 is 0. The van der Waals surface area contributed by atoms with Crippen molar-refractivity contribution >= 4 is 23.4 Å².